The van der Waals surface area contributed by atoms with Gasteiger partial charge in [0.1, 0.15) is 12.4 Å². The van der Waals surface area contributed by atoms with E-state index < -0.39 is 0 Å². The van der Waals surface area contributed by atoms with Crippen molar-refractivity contribution in [1.82, 2.24) is 0 Å². The highest BCUT2D eigenvalue weighted by molar-refractivity contribution is 5.45. The largest absolute Gasteiger partial charge is 0.490 e. The number of fused-ring (bicyclic) bond motifs is 1. The van der Waals surface area contributed by atoms with E-state index in [0.29, 0.717) is 12.7 Å². The van der Waals surface area contributed by atoms with Crippen molar-refractivity contribution in [3.8, 4) is 17.6 Å². The van der Waals surface area contributed by atoms with E-state index in [4.69, 9.17) is 14.2 Å². The topological polar surface area (TPSA) is 27.7 Å². The molecule has 1 saturated heterocycles. The highest BCUT2D eigenvalue weighted by Gasteiger charge is 2.15. The molecule has 21 heavy (non-hydrogen) atoms. The van der Waals surface area contributed by atoms with Gasteiger partial charge in [0.25, 0.3) is 0 Å². The molecule has 0 radical (unpaired) electrons. The van der Waals surface area contributed by atoms with Crippen molar-refractivity contribution in [2.75, 3.05) is 13.2 Å². The molecular weight excluding hydrogens is 264 g/mol. The summed E-state index contributed by atoms with van der Waals surface area (Å²) in [7, 11) is 0. The van der Waals surface area contributed by atoms with Crippen molar-refractivity contribution in [2.45, 2.75) is 51.4 Å². The fraction of sp³-hybridized carbons (Fsp3) is 0.556. The molecule has 0 saturated carbocycles. The summed E-state index contributed by atoms with van der Waals surface area (Å²) < 4.78 is 16.9. The molecule has 2 heterocycles. The van der Waals surface area contributed by atoms with Crippen LogP contribution in [0.2, 0.25) is 0 Å². The van der Waals surface area contributed by atoms with Crippen LogP contribution in [-0.4, -0.2) is 25.6 Å². The highest BCUT2D eigenvalue weighted by atomic mass is 16.7. The Morgan fingerprint density at radius 1 is 1.29 bits per heavy atom. The van der Waals surface area contributed by atoms with Crippen LogP contribution in [-0.2, 0) is 15.9 Å². The first-order chi connectivity index (χ1) is 10.3. The maximum atomic E-state index is 5.80. The second-order valence-electron chi connectivity index (χ2n) is 5.70. The van der Waals surface area contributed by atoms with Gasteiger partial charge in [0.2, 0.25) is 0 Å². The third kappa shape index (κ3) is 4.00. The monoisotopic (exact) mass is 286 g/mol. The first-order valence-corrected chi connectivity index (χ1v) is 7.83. The van der Waals surface area contributed by atoms with E-state index in [1.54, 1.807) is 0 Å². The predicted molar refractivity (Wildman–Crippen MR) is 81.3 cm³/mol. The standard InChI is InChI=1S/C18H22O3/c1-14-7-9-16-13-15(8-10-17(16)21-14)5-4-12-20-18-6-2-3-11-19-18/h8,10,13-14,18H,2-3,6-7,9,11-12H2,1H3. The molecule has 0 aromatic heterocycles. The van der Waals surface area contributed by atoms with E-state index in [0.717, 1.165) is 43.6 Å². The summed E-state index contributed by atoms with van der Waals surface area (Å²) in [4.78, 5) is 0. The summed E-state index contributed by atoms with van der Waals surface area (Å²) in [5, 5.41) is 0. The third-order valence-electron chi connectivity index (χ3n) is 3.92. The van der Waals surface area contributed by atoms with Gasteiger partial charge < -0.3 is 14.2 Å². The molecule has 3 heteroatoms. The zero-order valence-corrected chi connectivity index (χ0v) is 12.6. The van der Waals surface area contributed by atoms with Crippen LogP contribution >= 0.6 is 0 Å². The molecule has 1 aromatic rings. The molecule has 1 fully saturated rings. The van der Waals surface area contributed by atoms with E-state index in [-0.39, 0.29) is 6.29 Å². The number of benzene rings is 1. The molecule has 0 aliphatic carbocycles. The molecule has 2 unspecified atom stereocenters. The molecule has 0 amide bonds. The molecule has 2 aliphatic rings. The molecule has 3 rings (SSSR count). The zero-order chi connectivity index (χ0) is 14.5. The lowest BCUT2D eigenvalue weighted by molar-refractivity contribution is -0.154. The Kier molecular flexibility index (Phi) is 4.80. The van der Waals surface area contributed by atoms with Gasteiger partial charge in [-0.05, 0) is 62.8 Å². The van der Waals surface area contributed by atoms with Gasteiger partial charge in [-0.2, -0.15) is 0 Å². The van der Waals surface area contributed by atoms with Gasteiger partial charge in [0.15, 0.2) is 6.29 Å². The Bertz CT molecular complexity index is 535. The molecule has 1 aromatic carbocycles. The maximum Gasteiger partial charge on any atom is 0.158 e. The molecule has 0 spiro atoms. The first-order valence-electron chi connectivity index (χ1n) is 7.83. The average molecular weight is 286 g/mol. The molecule has 0 N–H and O–H groups in total. The Morgan fingerprint density at radius 2 is 2.24 bits per heavy atom. The summed E-state index contributed by atoms with van der Waals surface area (Å²) in [6.07, 6.45) is 5.70. The highest BCUT2D eigenvalue weighted by Crippen LogP contribution is 2.28. The van der Waals surface area contributed by atoms with Crippen LogP contribution in [0.15, 0.2) is 18.2 Å². The zero-order valence-electron chi connectivity index (χ0n) is 12.6. The lowest BCUT2D eigenvalue weighted by Crippen LogP contribution is -2.22. The van der Waals surface area contributed by atoms with Crippen molar-refractivity contribution < 1.29 is 14.2 Å². The SMILES string of the molecule is CC1CCc2cc(C#CCOC3CCCCO3)ccc2O1. The van der Waals surface area contributed by atoms with Crippen molar-refractivity contribution in [3.05, 3.63) is 29.3 Å². The normalized spacial score (nSPS) is 24.4. The van der Waals surface area contributed by atoms with E-state index in [1.165, 1.54) is 12.0 Å². The van der Waals surface area contributed by atoms with Crippen LogP contribution in [0.5, 0.6) is 5.75 Å². The second-order valence-corrected chi connectivity index (χ2v) is 5.70. The van der Waals surface area contributed by atoms with Gasteiger partial charge in [-0.15, -0.1) is 0 Å². The number of hydrogen-bond acceptors (Lipinski definition) is 3. The van der Waals surface area contributed by atoms with Crippen LogP contribution in [0.1, 0.15) is 43.7 Å². The Morgan fingerprint density at radius 3 is 3.10 bits per heavy atom. The molecule has 0 bridgehead atoms. The smallest absolute Gasteiger partial charge is 0.158 e. The predicted octanol–water partition coefficient (Wildman–Crippen LogP) is 3.29. The summed E-state index contributed by atoms with van der Waals surface area (Å²) in [6, 6.07) is 6.17. The van der Waals surface area contributed by atoms with Crippen LogP contribution in [0, 0.1) is 11.8 Å². The van der Waals surface area contributed by atoms with Gasteiger partial charge in [-0.3, -0.25) is 0 Å². The van der Waals surface area contributed by atoms with Gasteiger partial charge >= 0.3 is 0 Å². The van der Waals surface area contributed by atoms with Gasteiger partial charge in [-0.1, -0.05) is 11.8 Å². The van der Waals surface area contributed by atoms with Crippen molar-refractivity contribution >= 4 is 0 Å². The Balaban J connectivity index is 1.54. The first kappa shape index (κ1) is 14.4. The summed E-state index contributed by atoms with van der Waals surface area (Å²) in [6.45, 7) is 3.35. The summed E-state index contributed by atoms with van der Waals surface area (Å²) >= 11 is 0. The minimum atomic E-state index is -0.0635. The lowest BCUT2D eigenvalue weighted by atomic mass is 10.0. The molecular formula is C18H22O3. The quantitative estimate of drug-likeness (QED) is 0.781. The molecule has 112 valence electrons. The average Bonchev–Trinajstić information content (AvgIpc) is 2.52. The lowest BCUT2D eigenvalue weighted by Gasteiger charge is -2.23. The number of rotatable bonds is 2. The van der Waals surface area contributed by atoms with E-state index in [2.05, 4.69) is 24.8 Å². The minimum Gasteiger partial charge on any atom is -0.490 e. The summed E-state index contributed by atoms with van der Waals surface area (Å²) in [5.41, 5.74) is 2.29. The number of hydrogen-bond donors (Lipinski definition) is 0. The van der Waals surface area contributed by atoms with Gasteiger partial charge in [0.05, 0.1) is 6.10 Å². The van der Waals surface area contributed by atoms with Crippen molar-refractivity contribution in [2.24, 2.45) is 0 Å². The van der Waals surface area contributed by atoms with E-state index in [1.807, 2.05) is 12.1 Å². The van der Waals surface area contributed by atoms with Crippen LogP contribution in [0.3, 0.4) is 0 Å². The molecule has 2 atom stereocenters. The Hall–Kier alpha value is -1.50. The van der Waals surface area contributed by atoms with Crippen LogP contribution in [0.25, 0.3) is 0 Å². The number of aryl methyl sites for hydroxylation is 1. The third-order valence-corrected chi connectivity index (χ3v) is 3.92. The van der Waals surface area contributed by atoms with Crippen LogP contribution in [0.4, 0.5) is 0 Å². The molecule has 3 nitrogen and oxygen atoms in total. The van der Waals surface area contributed by atoms with Gasteiger partial charge in [0, 0.05) is 12.2 Å². The van der Waals surface area contributed by atoms with E-state index >= 15 is 0 Å². The van der Waals surface area contributed by atoms with E-state index in [9.17, 15) is 0 Å². The summed E-state index contributed by atoms with van der Waals surface area (Å²) in [5.74, 6) is 7.24. The fourth-order valence-electron chi connectivity index (χ4n) is 2.72. The fourth-order valence-corrected chi connectivity index (χ4v) is 2.72. The maximum absolute atomic E-state index is 5.80. The second kappa shape index (κ2) is 6.98. The van der Waals surface area contributed by atoms with Crippen LogP contribution < -0.4 is 4.74 Å². The number of ether oxygens (including phenoxy) is 3. The molecule has 2 aliphatic heterocycles. The van der Waals surface area contributed by atoms with Gasteiger partial charge in [-0.25, -0.2) is 0 Å². The Labute approximate surface area is 126 Å². The van der Waals surface area contributed by atoms with Crippen molar-refractivity contribution in [3.63, 3.8) is 0 Å². The van der Waals surface area contributed by atoms with Crippen molar-refractivity contribution in [1.29, 1.82) is 0 Å². The minimum absolute atomic E-state index is 0.0635.